The molecule has 3 aromatic rings. The quantitative estimate of drug-likeness (QED) is 0.342. The molecule has 2 N–H and O–H groups in total. The molecular weight excluding hydrogens is 556 g/mol. The fourth-order valence-corrected chi connectivity index (χ4v) is 5.43. The van der Waals surface area contributed by atoms with E-state index >= 15 is 0 Å². The summed E-state index contributed by atoms with van der Waals surface area (Å²) >= 11 is 0. The van der Waals surface area contributed by atoms with E-state index in [4.69, 9.17) is 4.74 Å². The van der Waals surface area contributed by atoms with Gasteiger partial charge in [0.15, 0.2) is 0 Å². The Labute approximate surface area is 243 Å². The highest BCUT2D eigenvalue weighted by atomic mass is 19.4. The Kier molecular flexibility index (Phi) is 8.53. The molecule has 12 heteroatoms. The number of nitrogens with zero attached hydrogens (tertiary/aromatic N) is 2. The van der Waals surface area contributed by atoms with E-state index in [9.17, 15) is 31.9 Å². The summed E-state index contributed by atoms with van der Waals surface area (Å²) < 4.78 is 59.5. The predicted octanol–water partition coefficient (Wildman–Crippen LogP) is 5.01. The monoisotopic (exact) mass is 592 g/mol. The minimum atomic E-state index is -5.00. The van der Waals surface area contributed by atoms with Crippen LogP contribution in [0.3, 0.4) is 0 Å². The maximum atomic E-state index is 14.8. The molecule has 42 heavy (non-hydrogen) atoms. The summed E-state index contributed by atoms with van der Waals surface area (Å²) in [6.07, 6.45) is -0.493. The number of hydrogen-bond acceptors (Lipinski definition) is 4. The zero-order valence-electron chi connectivity index (χ0n) is 23.1. The van der Waals surface area contributed by atoms with E-state index in [0.29, 0.717) is 66.7 Å². The minimum absolute atomic E-state index is 0. The molecule has 8 nitrogen and oxygen atoms in total. The fourth-order valence-electron chi connectivity index (χ4n) is 5.43. The van der Waals surface area contributed by atoms with Crippen LogP contribution in [-0.4, -0.2) is 66.2 Å². The van der Waals surface area contributed by atoms with Crippen molar-refractivity contribution >= 4 is 28.6 Å². The molecule has 0 atom stereocenters. The van der Waals surface area contributed by atoms with Crippen LogP contribution in [0.4, 0.5) is 17.6 Å². The van der Waals surface area contributed by atoms with Crippen LogP contribution < -0.4 is 10.6 Å². The molecule has 2 fully saturated rings. The van der Waals surface area contributed by atoms with Crippen LogP contribution in [0.25, 0.3) is 10.9 Å². The second-order valence-corrected chi connectivity index (χ2v) is 10.8. The molecule has 228 valence electrons. The Bertz CT molecular complexity index is 1500. The first-order valence-electron chi connectivity index (χ1n) is 13.9. The molecule has 0 radical (unpaired) electrons. The maximum Gasteiger partial charge on any atom is 0.471 e. The van der Waals surface area contributed by atoms with Gasteiger partial charge in [0, 0.05) is 64.8 Å². The number of piperidine rings is 1. The third-order valence-corrected chi connectivity index (χ3v) is 7.82. The van der Waals surface area contributed by atoms with Gasteiger partial charge in [-0.25, -0.2) is 4.39 Å². The Morgan fingerprint density at radius 2 is 1.79 bits per heavy atom. The number of carbonyl (C=O) groups is 3. The molecule has 2 aromatic carbocycles. The largest absolute Gasteiger partial charge is 0.471 e. The number of alkyl halides is 3. The van der Waals surface area contributed by atoms with Crippen LogP contribution in [0.15, 0.2) is 42.6 Å². The van der Waals surface area contributed by atoms with E-state index in [0.717, 1.165) is 18.4 Å². The Morgan fingerprint density at radius 3 is 2.45 bits per heavy atom. The third-order valence-electron chi connectivity index (χ3n) is 7.82. The van der Waals surface area contributed by atoms with Gasteiger partial charge in [-0.2, -0.15) is 13.2 Å². The number of rotatable bonds is 9. The maximum absolute atomic E-state index is 14.8. The van der Waals surface area contributed by atoms with Gasteiger partial charge in [0.2, 0.25) is 0 Å². The first-order valence-corrected chi connectivity index (χ1v) is 13.9. The van der Waals surface area contributed by atoms with Gasteiger partial charge in [0.05, 0.1) is 12.2 Å². The standard InChI is InChI=1S/C30H32F4N4O4.2H2/c1-42-14-13-38-17-23(26-21(3-2-4-25(26)38)27(39)36-20-6-7-20)28(40)37-11-9-19(10-12-37)22-15-18(5-8-24(22)31)16-35-29(41)30(32,33)34;;/h2-5,8,15,17,19-20H,6-7,9-14,16H2,1H3,(H,35,41)(H,36,39);2*1H. The Balaban J connectivity index is 0.00000264. The van der Waals surface area contributed by atoms with Crippen LogP contribution in [0, 0.1) is 5.82 Å². The normalized spacial score (nSPS) is 16.1. The first-order chi connectivity index (χ1) is 20.1. The zero-order valence-corrected chi connectivity index (χ0v) is 23.1. The minimum Gasteiger partial charge on any atom is -0.383 e. The number of aromatic nitrogens is 1. The number of nitrogens with one attached hydrogen (secondary N) is 2. The number of halogens is 4. The van der Waals surface area contributed by atoms with Crippen molar-refractivity contribution in [1.29, 1.82) is 0 Å². The van der Waals surface area contributed by atoms with Crippen molar-refractivity contribution in [2.75, 3.05) is 26.8 Å². The highest BCUT2D eigenvalue weighted by Crippen LogP contribution is 2.33. The fraction of sp³-hybridized carbons (Fsp3) is 0.433. The number of fused-ring (bicyclic) bond motifs is 1. The molecule has 1 saturated heterocycles. The van der Waals surface area contributed by atoms with Gasteiger partial charge in [-0.15, -0.1) is 0 Å². The molecule has 2 aliphatic rings. The molecule has 1 aliphatic heterocycles. The number of amides is 3. The topological polar surface area (TPSA) is 92.7 Å². The van der Waals surface area contributed by atoms with Crippen LogP contribution in [0.2, 0.25) is 0 Å². The highest BCUT2D eigenvalue weighted by Gasteiger charge is 2.38. The summed E-state index contributed by atoms with van der Waals surface area (Å²) in [6.45, 7) is 1.20. The van der Waals surface area contributed by atoms with Gasteiger partial charge in [-0.05, 0) is 60.9 Å². The second-order valence-electron chi connectivity index (χ2n) is 10.8. The van der Waals surface area contributed by atoms with Crippen LogP contribution in [0.5, 0.6) is 0 Å². The van der Waals surface area contributed by atoms with Gasteiger partial charge in [0.1, 0.15) is 5.82 Å². The SMILES string of the molecule is COCCn1cc(C(=O)N2CCC(c3cc(CNC(=O)C(F)(F)F)ccc3F)CC2)c2c(C(=O)NC3CC3)cccc21.[HH].[HH]. The van der Waals surface area contributed by atoms with Crippen molar-refractivity contribution in [3.05, 3.63) is 70.7 Å². The highest BCUT2D eigenvalue weighted by molar-refractivity contribution is 6.15. The van der Waals surface area contributed by atoms with Crippen molar-refractivity contribution in [3.63, 3.8) is 0 Å². The molecule has 5 rings (SSSR count). The molecule has 2 heterocycles. The predicted molar refractivity (Wildman–Crippen MR) is 151 cm³/mol. The van der Waals surface area contributed by atoms with E-state index in [1.165, 1.54) is 18.2 Å². The number of hydrogen-bond donors (Lipinski definition) is 2. The third kappa shape index (κ3) is 6.43. The zero-order chi connectivity index (χ0) is 30.0. The van der Waals surface area contributed by atoms with E-state index < -0.39 is 17.9 Å². The Morgan fingerprint density at radius 1 is 1.05 bits per heavy atom. The molecule has 0 spiro atoms. The van der Waals surface area contributed by atoms with Crippen molar-refractivity contribution < 1.29 is 39.5 Å². The van der Waals surface area contributed by atoms with Crippen molar-refractivity contribution in [2.24, 2.45) is 0 Å². The molecule has 0 unspecified atom stereocenters. The molecule has 0 bridgehead atoms. The number of likely N-dealkylation sites (tertiary alicyclic amines) is 1. The lowest BCUT2D eigenvalue weighted by atomic mass is 9.88. The van der Waals surface area contributed by atoms with E-state index in [1.807, 2.05) is 10.6 Å². The molecule has 1 saturated carbocycles. The lowest BCUT2D eigenvalue weighted by Crippen LogP contribution is -2.38. The lowest BCUT2D eigenvalue weighted by Gasteiger charge is -2.32. The van der Waals surface area contributed by atoms with E-state index in [1.54, 1.807) is 35.7 Å². The first kappa shape index (κ1) is 29.6. The summed E-state index contributed by atoms with van der Waals surface area (Å²) in [4.78, 5) is 39.8. The van der Waals surface area contributed by atoms with Crippen molar-refractivity contribution in [1.82, 2.24) is 20.1 Å². The molecular formula is C30H36F4N4O4. The number of ether oxygens (including phenoxy) is 1. The molecule has 1 aliphatic carbocycles. The summed E-state index contributed by atoms with van der Waals surface area (Å²) in [5, 5.41) is 5.39. The number of methoxy groups -OCH3 is 1. The smallest absolute Gasteiger partial charge is 0.383 e. The van der Waals surface area contributed by atoms with E-state index in [2.05, 4.69) is 5.32 Å². The van der Waals surface area contributed by atoms with Crippen molar-refractivity contribution in [2.45, 2.75) is 56.9 Å². The Hall–Kier alpha value is -3.93. The van der Waals surface area contributed by atoms with Gasteiger partial charge in [0.25, 0.3) is 11.8 Å². The van der Waals surface area contributed by atoms with Crippen LogP contribution >= 0.6 is 0 Å². The van der Waals surface area contributed by atoms with Crippen LogP contribution in [0.1, 0.15) is 66.3 Å². The lowest BCUT2D eigenvalue weighted by molar-refractivity contribution is -0.173. The van der Waals surface area contributed by atoms with Gasteiger partial charge in [-0.3, -0.25) is 14.4 Å². The summed E-state index contributed by atoms with van der Waals surface area (Å²) in [7, 11) is 1.59. The van der Waals surface area contributed by atoms with Gasteiger partial charge >= 0.3 is 12.1 Å². The number of benzene rings is 2. The van der Waals surface area contributed by atoms with Crippen LogP contribution in [-0.2, 0) is 22.6 Å². The van der Waals surface area contributed by atoms with Gasteiger partial charge in [-0.1, -0.05) is 18.2 Å². The molecule has 3 amide bonds. The van der Waals surface area contributed by atoms with Gasteiger partial charge < -0.3 is 24.8 Å². The second kappa shape index (κ2) is 12.1. The summed E-state index contributed by atoms with van der Waals surface area (Å²) in [5.74, 6) is -3.25. The van der Waals surface area contributed by atoms with E-state index in [-0.39, 0.29) is 33.2 Å². The summed E-state index contributed by atoms with van der Waals surface area (Å²) in [6, 6.07) is 9.54. The average molecular weight is 593 g/mol. The molecule has 1 aromatic heterocycles. The van der Waals surface area contributed by atoms with Crippen molar-refractivity contribution in [3.8, 4) is 0 Å². The average Bonchev–Trinajstić information content (AvgIpc) is 3.72. The number of carbonyl (C=O) groups excluding carboxylic acids is 3. The summed E-state index contributed by atoms with van der Waals surface area (Å²) in [5.41, 5.74) is 2.30.